The van der Waals surface area contributed by atoms with Gasteiger partial charge in [0, 0.05) is 29.9 Å². The second kappa shape index (κ2) is 7.88. The van der Waals surface area contributed by atoms with Gasteiger partial charge < -0.3 is 10.5 Å². The molecule has 2 heterocycles. The van der Waals surface area contributed by atoms with Gasteiger partial charge >= 0.3 is 0 Å². The largest absolute Gasteiger partial charge is 0.371 e. The second-order valence-electron chi connectivity index (χ2n) is 4.75. The standard InChI is InChI=1S/C15H19BrN2OS/c1-11(17)15(13-4-5-14(16)20-13)19-10-2-3-12-6-8-18-9-7-12/h4-9,11,15H,2-3,10,17H2,1H3. The molecule has 0 fully saturated rings. The van der Waals surface area contributed by atoms with Gasteiger partial charge in [-0.25, -0.2) is 0 Å². The van der Waals surface area contributed by atoms with Crippen molar-refractivity contribution in [1.82, 2.24) is 4.98 Å². The molecule has 2 rings (SSSR count). The lowest BCUT2D eigenvalue weighted by molar-refractivity contribution is 0.0394. The molecule has 5 heteroatoms. The maximum atomic E-state index is 6.03. The van der Waals surface area contributed by atoms with Crippen molar-refractivity contribution in [2.45, 2.75) is 31.9 Å². The van der Waals surface area contributed by atoms with Crippen molar-refractivity contribution >= 4 is 27.3 Å². The minimum absolute atomic E-state index is 0.0125. The van der Waals surface area contributed by atoms with Crippen LogP contribution in [0.3, 0.4) is 0 Å². The lowest BCUT2D eigenvalue weighted by atomic mass is 10.1. The Labute approximate surface area is 132 Å². The minimum atomic E-state index is -0.0243. The highest BCUT2D eigenvalue weighted by Crippen LogP contribution is 2.30. The van der Waals surface area contributed by atoms with Crippen molar-refractivity contribution in [1.29, 1.82) is 0 Å². The normalized spacial score (nSPS) is 14.2. The number of nitrogens with zero attached hydrogens (tertiary/aromatic N) is 1. The molecule has 2 atom stereocenters. The highest BCUT2D eigenvalue weighted by molar-refractivity contribution is 9.11. The van der Waals surface area contributed by atoms with E-state index in [1.54, 1.807) is 11.3 Å². The Morgan fingerprint density at radius 3 is 2.65 bits per heavy atom. The van der Waals surface area contributed by atoms with Gasteiger partial charge in [-0.15, -0.1) is 11.3 Å². The summed E-state index contributed by atoms with van der Waals surface area (Å²) in [6.07, 6.45) is 5.61. The summed E-state index contributed by atoms with van der Waals surface area (Å²) in [5.74, 6) is 0. The summed E-state index contributed by atoms with van der Waals surface area (Å²) in [6.45, 7) is 2.70. The van der Waals surface area contributed by atoms with Crippen molar-refractivity contribution < 1.29 is 4.74 Å². The van der Waals surface area contributed by atoms with Gasteiger partial charge in [-0.05, 0) is 65.5 Å². The number of thiophene rings is 1. The number of pyridine rings is 1. The molecular weight excluding hydrogens is 336 g/mol. The average molecular weight is 355 g/mol. The van der Waals surface area contributed by atoms with E-state index in [0.29, 0.717) is 6.61 Å². The Morgan fingerprint density at radius 2 is 2.05 bits per heavy atom. The van der Waals surface area contributed by atoms with E-state index in [4.69, 9.17) is 10.5 Å². The molecule has 108 valence electrons. The maximum absolute atomic E-state index is 6.03. The Kier molecular flexibility index (Phi) is 6.16. The number of nitrogens with two attached hydrogens (primary N) is 1. The fourth-order valence-electron chi connectivity index (χ4n) is 2.01. The van der Waals surface area contributed by atoms with Crippen LogP contribution in [0.5, 0.6) is 0 Å². The summed E-state index contributed by atoms with van der Waals surface area (Å²) in [5.41, 5.74) is 7.32. The van der Waals surface area contributed by atoms with Crippen LogP contribution in [0.2, 0.25) is 0 Å². The van der Waals surface area contributed by atoms with Crippen LogP contribution >= 0.6 is 27.3 Å². The molecule has 0 aliphatic heterocycles. The minimum Gasteiger partial charge on any atom is -0.371 e. The first kappa shape index (κ1) is 15.6. The van der Waals surface area contributed by atoms with Crippen molar-refractivity contribution in [2.24, 2.45) is 5.73 Å². The number of hydrogen-bond donors (Lipinski definition) is 1. The highest BCUT2D eigenvalue weighted by Gasteiger charge is 2.18. The summed E-state index contributed by atoms with van der Waals surface area (Å²) in [4.78, 5) is 5.19. The lowest BCUT2D eigenvalue weighted by Crippen LogP contribution is -2.26. The fraction of sp³-hybridized carbons (Fsp3) is 0.400. The molecule has 2 N–H and O–H groups in total. The molecule has 2 aromatic heterocycles. The van der Waals surface area contributed by atoms with Crippen LogP contribution in [0.1, 0.15) is 29.9 Å². The predicted octanol–water partition coefficient (Wildman–Crippen LogP) is 3.94. The first-order valence-corrected chi connectivity index (χ1v) is 8.29. The van der Waals surface area contributed by atoms with Gasteiger partial charge in [0.2, 0.25) is 0 Å². The molecule has 0 aromatic carbocycles. The molecule has 0 saturated heterocycles. The SMILES string of the molecule is CC(N)C(OCCCc1ccncc1)c1ccc(Br)s1. The Hall–Kier alpha value is -0.750. The molecule has 0 spiro atoms. The summed E-state index contributed by atoms with van der Waals surface area (Å²) in [6, 6.07) is 8.18. The third-order valence-corrected chi connectivity index (χ3v) is 4.69. The number of ether oxygens (including phenoxy) is 1. The summed E-state index contributed by atoms with van der Waals surface area (Å²) < 4.78 is 7.08. The number of aryl methyl sites for hydroxylation is 1. The number of rotatable bonds is 7. The first-order valence-electron chi connectivity index (χ1n) is 6.68. The molecule has 2 unspecified atom stereocenters. The Balaban J connectivity index is 1.81. The van der Waals surface area contributed by atoms with Crippen LogP contribution in [-0.4, -0.2) is 17.6 Å². The van der Waals surface area contributed by atoms with Crippen molar-refractivity contribution in [3.05, 3.63) is 50.9 Å². The molecule has 0 amide bonds. The van der Waals surface area contributed by atoms with Crippen molar-refractivity contribution in [2.75, 3.05) is 6.61 Å². The van der Waals surface area contributed by atoms with E-state index >= 15 is 0 Å². The van der Waals surface area contributed by atoms with Gasteiger partial charge in [-0.1, -0.05) is 0 Å². The third kappa shape index (κ3) is 4.66. The summed E-state index contributed by atoms with van der Waals surface area (Å²) >= 11 is 5.16. The summed E-state index contributed by atoms with van der Waals surface area (Å²) in [7, 11) is 0. The van der Waals surface area contributed by atoms with Crippen LogP contribution in [-0.2, 0) is 11.2 Å². The quantitative estimate of drug-likeness (QED) is 0.766. The maximum Gasteiger partial charge on any atom is 0.106 e. The van der Waals surface area contributed by atoms with Crippen LogP contribution in [0.4, 0.5) is 0 Å². The van der Waals surface area contributed by atoms with E-state index in [0.717, 1.165) is 16.6 Å². The number of aromatic nitrogens is 1. The van der Waals surface area contributed by atoms with E-state index < -0.39 is 0 Å². The topological polar surface area (TPSA) is 48.1 Å². The zero-order valence-corrected chi connectivity index (χ0v) is 13.9. The van der Waals surface area contributed by atoms with Gasteiger partial charge in [0.25, 0.3) is 0 Å². The van der Waals surface area contributed by atoms with Crippen LogP contribution in [0.15, 0.2) is 40.4 Å². The van der Waals surface area contributed by atoms with Gasteiger partial charge in [-0.2, -0.15) is 0 Å². The van der Waals surface area contributed by atoms with Gasteiger partial charge in [-0.3, -0.25) is 4.98 Å². The second-order valence-corrected chi connectivity index (χ2v) is 7.25. The van der Waals surface area contributed by atoms with Crippen LogP contribution in [0.25, 0.3) is 0 Å². The zero-order chi connectivity index (χ0) is 14.4. The first-order chi connectivity index (χ1) is 9.66. The predicted molar refractivity (Wildman–Crippen MR) is 86.9 cm³/mol. The monoisotopic (exact) mass is 354 g/mol. The van der Waals surface area contributed by atoms with Crippen molar-refractivity contribution in [3.63, 3.8) is 0 Å². The molecule has 0 saturated carbocycles. The lowest BCUT2D eigenvalue weighted by Gasteiger charge is -2.20. The van der Waals surface area contributed by atoms with E-state index in [9.17, 15) is 0 Å². The number of halogens is 1. The molecule has 0 bridgehead atoms. The molecule has 20 heavy (non-hydrogen) atoms. The Morgan fingerprint density at radius 1 is 1.30 bits per heavy atom. The summed E-state index contributed by atoms with van der Waals surface area (Å²) in [5, 5.41) is 0. The average Bonchev–Trinajstić information content (AvgIpc) is 2.85. The highest BCUT2D eigenvalue weighted by atomic mass is 79.9. The van der Waals surface area contributed by atoms with Gasteiger partial charge in [0.1, 0.15) is 6.10 Å². The molecular formula is C15H19BrN2OS. The molecule has 2 aromatic rings. The van der Waals surface area contributed by atoms with Crippen LogP contribution < -0.4 is 5.73 Å². The third-order valence-electron chi connectivity index (χ3n) is 3.01. The number of hydrogen-bond acceptors (Lipinski definition) is 4. The zero-order valence-electron chi connectivity index (χ0n) is 11.5. The van der Waals surface area contributed by atoms with Crippen molar-refractivity contribution in [3.8, 4) is 0 Å². The smallest absolute Gasteiger partial charge is 0.106 e. The van der Waals surface area contributed by atoms with E-state index in [1.807, 2.05) is 37.5 Å². The van der Waals surface area contributed by atoms with Gasteiger partial charge in [0.05, 0.1) is 3.79 Å². The van der Waals surface area contributed by atoms with Gasteiger partial charge in [0.15, 0.2) is 0 Å². The fourth-order valence-corrected chi connectivity index (χ4v) is 3.60. The van der Waals surface area contributed by atoms with E-state index in [2.05, 4.69) is 27.0 Å². The molecule has 0 radical (unpaired) electrons. The molecule has 3 nitrogen and oxygen atoms in total. The van der Waals surface area contributed by atoms with E-state index in [-0.39, 0.29) is 12.1 Å². The van der Waals surface area contributed by atoms with E-state index in [1.165, 1.54) is 10.4 Å². The molecule has 0 aliphatic carbocycles. The Bertz CT molecular complexity index is 516. The molecule has 0 aliphatic rings. The van der Waals surface area contributed by atoms with Crippen LogP contribution in [0, 0.1) is 0 Å².